The molecule has 0 bridgehead atoms. The molecule has 1 aromatic rings. The van der Waals surface area contributed by atoms with Gasteiger partial charge in [0, 0.05) is 5.41 Å². The fraction of sp³-hybridized carbons (Fsp3) is 0.778. The molecule has 1 N–H and O–H groups in total. The van der Waals surface area contributed by atoms with Crippen LogP contribution in [0.2, 0.25) is 0 Å². The Labute approximate surface area is 81.8 Å². The van der Waals surface area contributed by atoms with E-state index >= 15 is 0 Å². The average Bonchev–Trinajstić information content (AvgIpc) is 2.61. The monoisotopic (exact) mass is 198 g/mol. The Bertz CT molecular complexity index is 297. The summed E-state index contributed by atoms with van der Waals surface area (Å²) in [4.78, 5) is 0. The predicted molar refractivity (Wildman–Crippen MR) is 51.7 cm³/mol. The fourth-order valence-electron chi connectivity index (χ4n) is 2.08. The lowest BCUT2D eigenvalue weighted by Crippen LogP contribution is -2.42. The summed E-state index contributed by atoms with van der Waals surface area (Å²) in [5.41, 5.74) is 0.926. The van der Waals surface area contributed by atoms with E-state index in [-0.39, 0.29) is 5.41 Å². The molecule has 0 aliphatic heterocycles. The molecule has 0 aromatic carbocycles. The molecule has 3 nitrogen and oxygen atoms in total. The molecule has 0 radical (unpaired) electrons. The first-order valence-corrected chi connectivity index (χ1v) is 5.43. The standard InChI is InChI=1S/C9H14N2OS/c1-8(7-11-10-6-13-7)4-3-5-9(8,2)12/h6,12H,3-5H2,1-2H3. The maximum absolute atomic E-state index is 10.2. The molecule has 1 fully saturated rings. The summed E-state index contributed by atoms with van der Waals surface area (Å²) in [5.74, 6) is 0. The van der Waals surface area contributed by atoms with Crippen LogP contribution in [0.25, 0.3) is 0 Å². The first-order valence-electron chi connectivity index (χ1n) is 4.55. The Kier molecular flexibility index (Phi) is 1.92. The summed E-state index contributed by atoms with van der Waals surface area (Å²) in [7, 11) is 0. The average molecular weight is 198 g/mol. The smallest absolute Gasteiger partial charge is 0.125 e. The zero-order chi connectivity index (χ0) is 9.53. The molecule has 2 atom stereocenters. The van der Waals surface area contributed by atoms with E-state index in [4.69, 9.17) is 0 Å². The fourth-order valence-corrected chi connectivity index (χ4v) is 2.95. The summed E-state index contributed by atoms with van der Waals surface area (Å²) >= 11 is 1.54. The third kappa shape index (κ3) is 1.20. The number of hydrogen-bond donors (Lipinski definition) is 1. The molecule has 2 unspecified atom stereocenters. The normalized spacial score (nSPS) is 39.6. The van der Waals surface area contributed by atoms with Crippen LogP contribution >= 0.6 is 11.3 Å². The molecule has 1 aromatic heterocycles. The lowest BCUT2D eigenvalue weighted by molar-refractivity contribution is 0.00656. The largest absolute Gasteiger partial charge is 0.389 e. The second-order valence-corrected chi connectivity index (χ2v) is 5.04. The van der Waals surface area contributed by atoms with Gasteiger partial charge in [0.05, 0.1) is 5.60 Å². The number of nitrogens with zero attached hydrogens (tertiary/aromatic N) is 2. The van der Waals surface area contributed by atoms with Crippen molar-refractivity contribution >= 4 is 11.3 Å². The zero-order valence-corrected chi connectivity index (χ0v) is 8.77. The molecule has 1 aliphatic rings. The van der Waals surface area contributed by atoms with Crippen LogP contribution in [0.15, 0.2) is 5.51 Å². The Hall–Kier alpha value is -0.480. The first-order chi connectivity index (χ1) is 6.06. The van der Waals surface area contributed by atoms with Gasteiger partial charge in [-0.15, -0.1) is 21.5 Å². The van der Waals surface area contributed by atoms with Crippen LogP contribution in [0.4, 0.5) is 0 Å². The van der Waals surface area contributed by atoms with E-state index in [9.17, 15) is 5.11 Å². The Morgan fingerprint density at radius 2 is 2.23 bits per heavy atom. The van der Waals surface area contributed by atoms with Crippen molar-refractivity contribution in [2.45, 2.75) is 44.1 Å². The van der Waals surface area contributed by atoms with Gasteiger partial charge in [0.2, 0.25) is 0 Å². The molecule has 0 saturated heterocycles. The highest BCUT2D eigenvalue weighted by Crippen LogP contribution is 2.48. The van der Waals surface area contributed by atoms with Crippen molar-refractivity contribution in [3.8, 4) is 0 Å². The third-order valence-corrected chi connectivity index (χ3v) is 4.32. The lowest BCUT2D eigenvalue weighted by atomic mass is 9.78. The minimum absolute atomic E-state index is 0.186. The molecule has 1 aliphatic carbocycles. The summed E-state index contributed by atoms with van der Waals surface area (Å²) in [6, 6.07) is 0. The van der Waals surface area contributed by atoms with E-state index in [0.717, 1.165) is 24.3 Å². The maximum atomic E-state index is 10.2. The van der Waals surface area contributed by atoms with Crippen molar-refractivity contribution in [2.75, 3.05) is 0 Å². The van der Waals surface area contributed by atoms with E-state index in [1.54, 1.807) is 5.51 Å². The van der Waals surface area contributed by atoms with Crippen molar-refractivity contribution in [3.63, 3.8) is 0 Å². The second-order valence-electron chi connectivity index (χ2n) is 4.20. The highest BCUT2D eigenvalue weighted by Gasteiger charge is 2.50. The van der Waals surface area contributed by atoms with Crippen LogP contribution in [0.3, 0.4) is 0 Å². The quantitative estimate of drug-likeness (QED) is 0.747. The van der Waals surface area contributed by atoms with E-state index in [1.807, 2.05) is 6.92 Å². The van der Waals surface area contributed by atoms with Crippen molar-refractivity contribution in [2.24, 2.45) is 0 Å². The van der Waals surface area contributed by atoms with E-state index in [2.05, 4.69) is 17.1 Å². The van der Waals surface area contributed by atoms with Crippen LogP contribution in [0, 0.1) is 0 Å². The van der Waals surface area contributed by atoms with Crippen molar-refractivity contribution in [1.82, 2.24) is 10.2 Å². The number of aromatic nitrogens is 2. The number of rotatable bonds is 1. The molecule has 13 heavy (non-hydrogen) atoms. The van der Waals surface area contributed by atoms with Gasteiger partial charge in [0.1, 0.15) is 10.5 Å². The SMILES string of the molecule is CC1(O)CCCC1(C)c1nncs1. The molecule has 1 saturated carbocycles. The Morgan fingerprint density at radius 3 is 2.69 bits per heavy atom. The van der Waals surface area contributed by atoms with Gasteiger partial charge in [-0.25, -0.2) is 0 Å². The second kappa shape index (κ2) is 2.75. The Morgan fingerprint density at radius 1 is 1.46 bits per heavy atom. The third-order valence-electron chi connectivity index (χ3n) is 3.36. The Balaban J connectivity index is 2.40. The highest BCUT2D eigenvalue weighted by molar-refractivity contribution is 7.09. The van der Waals surface area contributed by atoms with Crippen molar-refractivity contribution in [3.05, 3.63) is 10.5 Å². The molecule has 72 valence electrons. The summed E-state index contributed by atoms with van der Waals surface area (Å²) in [6.45, 7) is 3.99. The van der Waals surface area contributed by atoms with Crippen LogP contribution in [0.1, 0.15) is 38.1 Å². The molecular formula is C9H14N2OS. The van der Waals surface area contributed by atoms with E-state index < -0.39 is 5.60 Å². The minimum atomic E-state index is -0.619. The summed E-state index contributed by atoms with van der Waals surface area (Å²) in [5, 5.41) is 19.1. The minimum Gasteiger partial charge on any atom is -0.389 e. The summed E-state index contributed by atoms with van der Waals surface area (Å²) < 4.78 is 0. The van der Waals surface area contributed by atoms with Crippen molar-refractivity contribution in [1.29, 1.82) is 0 Å². The molecule has 2 rings (SSSR count). The van der Waals surface area contributed by atoms with Gasteiger partial charge in [0.15, 0.2) is 0 Å². The number of hydrogen-bond acceptors (Lipinski definition) is 4. The van der Waals surface area contributed by atoms with Gasteiger partial charge in [-0.1, -0.05) is 6.92 Å². The topological polar surface area (TPSA) is 46.0 Å². The summed E-state index contributed by atoms with van der Waals surface area (Å²) in [6.07, 6.45) is 2.95. The predicted octanol–water partition coefficient (Wildman–Crippen LogP) is 1.73. The molecule has 1 heterocycles. The first kappa shape index (κ1) is 9.09. The number of aliphatic hydroxyl groups is 1. The molecule has 0 spiro atoms. The van der Waals surface area contributed by atoms with Crippen LogP contribution in [-0.2, 0) is 5.41 Å². The zero-order valence-electron chi connectivity index (χ0n) is 7.95. The van der Waals surface area contributed by atoms with Gasteiger partial charge in [0.25, 0.3) is 0 Å². The lowest BCUT2D eigenvalue weighted by Gasteiger charge is -2.34. The van der Waals surface area contributed by atoms with Crippen LogP contribution in [-0.4, -0.2) is 20.9 Å². The van der Waals surface area contributed by atoms with Crippen molar-refractivity contribution < 1.29 is 5.11 Å². The van der Waals surface area contributed by atoms with E-state index in [1.165, 1.54) is 11.3 Å². The van der Waals surface area contributed by atoms with Crippen LogP contribution in [0.5, 0.6) is 0 Å². The molecule has 4 heteroatoms. The van der Waals surface area contributed by atoms with Gasteiger partial charge in [-0.05, 0) is 26.2 Å². The van der Waals surface area contributed by atoms with E-state index in [0.29, 0.717) is 0 Å². The molecular weight excluding hydrogens is 184 g/mol. The van der Waals surface area contributed by atoms with Crippen LogP contribution < -0.4 is 0 Å². The highest BCUT2D eigenvalue weighted by atomic mass is 32.1. The molecule has 0 amide bonds. The van der Waals surface area contributed by atoms with Gasteiger partial charge < -0.3 is 5.11 Å². The maximum Gasteiger partial charge on any atom is 0.125 e. The van der Waals surface area contributed by atoms with Gasteiger partial charge in [-0.3, -0.25) is 0 Å². The van der Waals surface area contributed by atoms with Gasteiger partial charge >= 0.3 is 0 Å². The van der Waals surface area contributed by atoms with Gasteiger partial charge in [-0.2, -0.15) is 0 Å².